The van der Waals surface area contributed by atoms with Gasteiger partial charge in [0.1, 0.15) is 0 Å². The van der Waals surface area contributed by atoms with Gasteiger partial charge < -0.3 is 20.0 Å². The predicted octanol–water partition coefficient (Wildman–Crippen LogP) is 3.95. The molecule has 2 aromatic rings. The number of halogens is 2. The third-order valence-electron chi connectivity index (χ3n) is 5.13. The van der Waals surface area contributed by atoms with Crippen LogP contribution < -0.4 is 10.2 Å². The standard InChI is InChI=1S/C23H30ClN5O.HI/c1-4-25-23(26-17-18-9-11-19(12-10-18)22(30)27(2)3)29-15-13-28(14-16-29)21-8-6-5-7-20(21)24;/h5-12H,4,13-17H2,1-3H3,(H,25,26);1H. The van der Waals surface area contributed by atoms with Crippen molar-refractivity contribution in [2.45, 2.75) is 13.5 Å². The van der Waals surface area contributed by atoms with Crippen molar-refractivity contribution in [3.05, 3.63) is 64.7 Å². The van der Waals surface area contributed by atoms with Gasteiger partial charge in [0.05, 0.1) is 17.3 Å². The number of benzene rings is 2. The zero-order valence-electron chi connectivity index (χ0n) is 18.3. The minimum atomic E-state index is 0. The molecule has 0 bridgehead atoms. The zero-order valence-corrected chi connectivity index (χ0v) is 21.4. The average Bonchev–Trinajstić information content (AvgIpc) is 2.77. The van der Waals surface area contributed by atoms with E-state index in [1.165, 1.54) is 0 Å². The highest BCUT2D eigenvalue weighted by Gasteiger charge is 2.21. The second-order valence-electron chi connectivity index (χ2n) is 7.49. The molecule has 0 saturated carbocycles. The highest BCUT2D eigenvalue weighted by Crippen LogP contribution is 2.26. The molecule has 0 aliphatic carbocycles. The van der Waals surface area contributed by atoms with Gasteiger partial charge in [0.15, 0.2) is 5.96 Å². The van der Waals surface area contributed by atoms with E-state index in [1.54, 1.807) is 19.0 Å². The van der Waals surface area contributed by atoms with Crippen LogP contribution in [0, 0.1) is 0 Å². The van der Waals surface area contributed by atoms with Crippen LogP contribution in [0.5, 0.6) is 0 Å². The molecule has 1 N–H and O–H groups in total. The van der Waals surface area contributed by atoms with Crippen molar-refractivity contribution in [3.63, 3.8) is 0 Å². The summed E-state index contributed by atoms with van der Waals surface area (Å²) in [5.41, 5.74) is 2.86. The van der Waals surface area contributed by atoms with Crippen LogP contribution in [-0.4, -0.2) is 68.5 Å². The van der Waals surface area contributed by atoms with Gasteiger partial charge in [0, 0.05) is 52.4 Å². The van der Waals surface area contributed by atoms with Crippen molar-refractivity contribution in [1.29, 1.82) is 0 Å². The van der Waals surface area contributed by atoms with Crippen molar-refractivity contribution in [2.24, 2.45) is 4.99 Å². The molecule has 1 amide bonds. The highest BCUT2D eigenvalue weighted by atomic mass is 127. The fourth-order valence-electron chi connectivity index (χ4n) is 3.47. The SMILES string of the molecule is CCNC(=NCc1ccc(C(=O)N(C)C)cc1)N1CCN(c2ccccc2Cl)CC1.I. The van der Waals surface area contributed by atoms with Crippen LogP contribution >= 0.6 is 35.6 Å². The first kappa shape index (κ1) is 25.3. The Kier molecular flexibility index (Phi) is 9.90. The highest BCUT2D eigenvalue weighted by molar-refractivity contribution is 14.0. The lowest BCUT2D eigenvalue weighted by molar-refractivity contribution is 0.0827. The maximum atomic E-state index is 12.0. The van der Waals surface area contributed by atoms with Crippen molar-refractivity contribution in [1.82, 2.24) is 15.1 Å². The van der Waals surface area contributed by atoms with Gasteiger partial charge in [-0.05, 0) is 36.8 Å². The molecule has 1 aliphatic rings. The Balaban J connectivity index is 0.00000341. The van der Waals surface area contributed by atoms with E-state index < -0.39 is 0 Å². The molecule has 1 fully saturated rings. The summed E-state index contributed by atoms with van der Waals surface area (Å²) < 4.78 is 0. The Bertz CT molecular complexity index is 880. The lowest BCUT2D eigenvalue weighted by Gasteiger charge is -2.38. The number of hydrogen-bond acceptors (Lipinski definition) is 3. The number of anilines is 1. The number of nitrogens with zero attached hydrogens (tertiary/aromatic N) is 4. The van der Waals surface area contributed by atoms with Gasteiger partial charge in [-0.3, -0.25) is 4.79 Å². The number of carbonyl (C=O) groups is 1. The van der Waals surface area contributed by atoms with Crippen molar-refractivity contribution in [2.75, 3.05) is 51.7 Å². The molecule has 8 heteroatoms. The van der Waals surface area contributed by atoms with Gasteiger partial charge in [-0.25, -0.2) is 4.99 Å². The van der Waals surface area contributed by atoms with E-state index in [1.807, 2.05) is 42.5 Å². The second kappa shape index (κ2) is 12.1. The van der Waals surface area contributed by atoms with Crippen molar-refractivity contribution >= 4 is 53.1 Å². The number of rotatable bonds is 5. The minimum absolute atomic E-state index is 0. The Hall–Kier alpha value is -2.00. The molecule has 31 heavy (non-hydrogen) atoms. The summed E-state index contributed by atoms with van der Waals surface area (Å²) in [4.78, 5) is 23.1. The van der Waals surface area contributed by atoms with E-state index in [0.717, 1.165) is 55.0 Å². The topological polar surface area (TPSA) is 51.2 Å². The van der Waals surface area contributed by atoms with E-state index >= 15 is 0 Å². The van der Waals surface area contributed by atoms with Crippen LogP contribution in [0.15, 0.2) is 53.5 Å². The quantitative estimate of drug-likeness (QED) is 0.345. The molecule has 6 nitrogen and oxygen atoms in total. The summed E-state index contributed by atoms with van der Waals surface area (Å²) in [6.07, 6.45) is 0. The summed E-state index contributed by atoms with van der Waals surface area (Å²) in [6.45, 7) is 7.03. The molecule has 0 unspecified atom stereocenters. The van der Waals surface area contributed by atoms with Crippen LogP contribution in [0.3, 0.4) is 0 Å². The largest absolute Gasteiger partial charge is 0.367 e. The number of carbonyl (C=O) groups excluding carboxylic acids is 1. The Morgan fingerprint density at radius 1 is 1.06 bits per heavy atom. The van der Waals surface area contributed by atoms with Crippen LogP contribution in [0.4, 0.5) is 5.69 Å². The van der Waals surface area contributed by atoms with Crippen LogP contribution in [0.25, 0.3) is 0 Å². The lowest BCUT2D eigenvalue weighted by Crippen LogP contribution is -2.52. The zero-order chi connectivity index (χ0) is 21.5. The summed E-state index contributed by atoms with van der Waals surface area (Å²) in [5.74, 6) is 0.930. The summed E-state index contributed by atoms with van der Waals surface area (Å²) in [6, 6.07) is 15.7. The molecule has 0 spiro atoms. The maximum Gasteiger partial charge on any atom is 0.253 e. The van der Waals surface area contributed by atoms with Gasteiger partial charge in [0.25, 0.3) is 5.91 Å². The van der Waals surface area contributed by atoms with Gasteiger partial charge >= 0.3 is 0 Å². The Morgan fingerprint density at radius 3 is 2.29 bits per heavy atom. The normalized spacial score (nSPS) is 14.1. The summed E-state index contributed by atoms with van der Waals surface area (Å²) >= 11 is 6.36. The molecule has 168 valence electrons. The van der Waals surface area contributed by atoms with E-state index in [4.69, 9.17) is 16.6 Å². The van der Waals surface area contributed by atoms with E-state index in [0.29, 0.717) is 12.1 Å². The third-order valence-corrected chi connectivity index (χ3v) is 5.45. The number of aliphatic imine (C=N–C) groups is 1. The Morgan fingerprint density at radius 2 is 1.71 bits per heavy atom. The predicted molar refractivity (Wildman–Crippen MR) is 140 cm³/mol. The molecular formula is C23H31ClIN5O. The van der Waals surface area contributed by atoms with E-state index in [2.05, 4.69) is 28.1 Å². The van der Waals surface area contributed by atoms with E-state index in [-0.39, 0.29) is 29.9 Å². The maximum absolute atomic E-state index is 12.0. The smallest absolute Gasteiger partial charge is 0.253 e. The molecule has 1 aliphatic heterocycles. The molecule has 1 saturated heterocycles. The number of guanidine groups is 1. The van der Waals surface area contributed by atoms with Gasteiger partial charge in [-0.15, -0.1) is 24.0 Å². The van der Waals surface area contributed by atoms with Crippen molar-refractivity contribution < 1.29 is 4.79 Å². The Labute approximate surface area is 207 Å². The number of para-hydroxylation sites is 1. The van der Waals surface area contributed by atoms with Crippen LogP contribution in [-0.2, 0) is 6.54 Å². The third kappa shape index (κ3) is 6.74. The fourth-order valence-corrected chi connectivity index (χ4v) is 3.73. The number of hydrogen-bond donors (Lipinski definition) is 1. The minimum Gasteiger partial charge on any atom is -0.367 e. The molecule has 2 aromatic carbocycles. The molecule has 3 rings (SSSR count). The summed E-state index contributed by atoms with van der Waals surface area (Å²) in [5, 5.41) is 4.20. The average molecular weight is 556 g/mol. The van der Waals surface area contributed by atoms with E-state index in [9.17, 15) is 4.79 Å². The molecular weight excluding hydrogens is 525 g/mol. The molecule has 0 radical (unpaired) electrons. The lowest BCUT2D eigenvalue weighted by atomic mass is 10.1. The van der Waals surface area contributed by atoms with Gasteiger partial charge in [-0.2, -0.15) is 0 Å². The fraction of sp³-hybridized carbons (Fsp3) is 0.391. The van der Waals surface area contributed by atoms with Crippen LogP contribution in [0.1, 0.15) is 22.8 Å². The first-order valence-corrected chi connectivity index (χ1v) is 10.7. The van der Waals surface area contributed by atoms with Gasteiger partial charge in [0.2, 0.25) is 0 Å². The first-order valence-electron chi connectivity index (χ1n) is 10.3. The molecule has 0 atom stereocenters. The first-order chi connectivity index (χ1) is 14.5. The number of nitrogens with one attached hydrogen (secondary N) is 1. The van der Waals surface area contributed by atoms with Crippen LogP contribution in [0.2, 0.25) is 5.02 Å². The number of piperazine rings is 1. The number of amides is 1. The van der Waals surface area contributed by atoms with Gasteiger partial charge in [-0.1, -0.05) is 35.9 Å². The molecule has 1 heterocycles. The van der Waals surface area contributed by atoms with Crippen molar-refractivity contribution in [3.8, 4) is 0 Å². The second-order valence-corrected chi connectivity index (χ2v) is 7.90. The monoisotopic (exact) mass is 555 g/mol. The summed E-state index contributed by atoms with van der Waals surface area (Å²) in [7, 11) is 3.52. The molecule has 0 aromatic heterocycles.